The summed E-state index contributed by atoms with van der Waals surface area (Å²) < 4.78 is 0. The van der Waals surface area contributed by atoms with E-state index in [2.05, 4.69) is 5.32 Å². The van der Waals surface area contributed by atoms with Gasteiger partial charge < -0.3 is 21.9 Å². The third-order valence-corrected chi connectivity index (χ3v) is 3.32. The molecule has 0 spiro atoms. The highest BCUT2D eigenvalue weighted by molar-refractivity contribution is 5.99. The molecule has 0 unspecified atom stereocenters. The second-order valence-corrected chi connectivity index (χ2v) is 4.59. The number of aliphatic hydroxyl groups is 1. The maximum absolute atomic E-state index is 11.3. The highest BCUT2D eigenvalue weighted by Crippen LogP contribution is 2.36. The molecule has 0 heterocycles. The summed E-state index contributed by atoms with van der Waals surface area (Å²) >= 11 is 0. The number of nitrogen functional groups attached to an aromatic ring is 1. The van der Waals surface area contributed by atoms with Crippen LogP contribution in [0, 0.1) is 0 Å². The van der Waals surface area contributed by atoms with Gasteiger partial charge in [-0.2, -0.15) is 0 Å². The average molecular weight is 235 g/mol. The first-order chi connectivity index (χ1) is 8.06. The van der Waals surface area contributed by atoms with Crippen molar-refractivity contribution in [3.8, 4) is 0 Å². The lowest BCUT2D eigenvalue weighted by atomic mass is 9.77. The van der Waals surface area contributed by atoms with Gasteiger partial charge in [0.1, 0.15) is 0 Å². The highest BCUT2D eigenvalue weighted by atomic mass is 16.3. The van der Waals surface area contributed by atoms with Crippen molar-refractivity contribution in [3.63, 3.8) is 0 Å². The first-order valence-corrected chi connectivity index (χ1v) is 5.65. The maximum atomic E-state index is 11.3. The number of hydrogen-bond acceptors (Lipinski definition) is 4. The largest absolute Gasteiger partial charge is 0.399 e. The molecule has 1 aliphatic rings. The van der Waals surface area contributed by atoms with Gasteiger partial charge in [-0.25, -0.2) is 0 Å². The first kappa shape index (κ1) is 11.7. The lowest BCUT2D eigenvalue weighted by Crippen LogP contribution is -2.48. The van der Waals surface area contributed by atoms with Crippen LogP contribution in [0.25, 0.3) is 0 Å². The minimum Gasteiger partial charge on any atom is -0.399 e. The molecule has 1 aliphatic carbocycles. The zero-order valence-corrected chi connectivity index (χ0v) is 9.57. The molecule has 92 valence electrons. The summed E-state index contributed by atoms with van der Waals surface area (Å²) in [4.78, 5) is 11.3. The number of amides is 1. The lowest BCUT2D eigenvalue weighted by Gasteiger charge is -2.42. The second kappa shape index (κ2) is 4.25. The van der Waals surface area contributed by atoms with Gasteiger partial charge in [0, 0.05) is 11.4 Å². The minimum absolute atomic E-state index is 0.0417. The van der Waals surface area contributed by atoms with Crippen LogP contribution in [-0.2, 0) is 0 Å². The van der Waals surface area contributed by atoms with E-state index in [4.69, 9.17) is 11.5 Å². The maximum Gasteiger partial charge on any atom is 0.250 e. The summed E-state index contributed by atoms with van der Waals surface area (Å²) in [6.07, 6.45) is 2.84. The van der Waals surface area contributed by atoms with Crippen molar-refractivity contribution < 1.29 is 9.90 Å². The van der Waals surface area contributed by atoms with Crippen LogP contribution in [0.15, 0.2) is 18.2 Å². The van der Waals surface area contributed by atoms with Crippen molar-refractivity contribution in [2.75, 3.05) is 17.7 Å². The molecule has 0 aliphatic heterocycles. The molecule has 2 rings (SSSR count). The number of rotatable bonds is 4. The van der Waals surface area contributed by atoms with Gasteiger partial charge in [-0.15, -0.1) is 0 Å². The summed E-state index contributed by atoms with van der Waals surface area (Å²) in [6, 6.07) is 4.91. The molecule has 1 saturated carbocycles. The standard InChI is InChI=1S/C12H17N3O2/c13-8-2-3-9(11(14)17)10(6-8)15-12(7-16)4-1-5-12/h2-3,6,15-16H,1,4-5,7,13H2,(H2,14,17). The van der Waals surface area contributed by atoms with E-state index >= 15 is 0 Å². The van der Waals surface area contributed by atoms with Crippen molar-refractivity contribution in [1.29, 1.82) is 0 Å². The number of anilines is 2. The Morgan fingerprint density at radius 1 is 1.47 bits per heavy atom. The Bertz CT molecular complexity index is 436. The monoisotopic (exact) mass is 235 g/mol. The van der Waals surface area contributed by atoms with Crippen LogP contribution >= 0.6 is 0 Å². The van der Waals surface area contributed by atoms with Crippen molar-refractivity contribution in [3.05, 3.63) is 23.8 Å². The molecular formula is C12H17N3O2. The fourth-order valence-electron chi connectivity index (χ4n) is 2.09. The summed E-state index contributed by atoms with van der Waals surface area (Å²) in [7, 11) is 0. The molecule has 0 saturated heterocycles. The fourth-order valence-corrected chi connectivity index (χ4v) is 2.09. The summed E-state index contributed by atoms with van der Waals surface area (Å²) in [5.74, 6) is -0.500. The molecule has 17 heavy (non-hydrogen) atoms. The highest BCUT2D eigenvalue weighted by Gasteiger charge is 2.36. The van der Waals surface area contributed by atoms with E-state index in [0.29, 0.717) is 16.9 Å². The molecule has 1 aromatic rings. The molecular weight excluding hydrogens is 218 g/mol. The fraction of sp³-hybridized carbons (Fsp3) is 0.417. The van der Waals surface area contributed by atoms with Crippen molar-refractivity contribution in [2.24, 2.45) is 5.73 Å². The van der Waals surface area contributed by atoms with Crippen molar-refractivity contribution >= 4 is 17.3 Å². The van der Waals surface area contributed by atoms with E-state index in [9.17, 15) is 9.90 Å². The normalized spacial score (nSPS) is 17.2. The SMILES string of the molecule is NC(=O)c1ccc(N)cc1NC1(CO)CCC1. The van der Waals surface area contributed by atoms with Gasteiger partial charge >= 0.3 is 0 Å². The molecule has 1 amide bonds. The van der Waals surface area contributed by atoms with E-state index in [1.54, 1.807) is 18.2 Å². The summed E-state index contributed by atoms with van der Waals surface area (Å²) in [5.41, 5.74) is 12.2. The molecule has 5 nitrogen and oxygen atoms in total. The zero-order valence-electron chi connectivity index (χ0n) is 9.57. The van der Waals surface area contributed by atoms with Crippen LogP contribution < -0.4 is 16.8 Å². The smallest absolute Gasteiger partial charge is 0.250 e. The van der Waals surface area contributed by atoms with Crippen LogP contribution in [0.5, 0.6) is 0 Å². The molecule has 0 bridgehead atoms. The van der Waals surface area contributed by atoms with E-state index in [1.807, 2.05) is 0 Å². The average Bonchev–Trinajstić information content (AvgIpc) is 2.23. The molecule has 1 fully saturated rings. The van der Waals surface area contributed by atoms with E-state index in [0.717, 1.165) is 19.3 Å². The Morgan fingerprint density at radius 2 is 2.18 bits per heavy atom. The zero-order chi connectivity index (χ0) is 12.5. The predicted molar refractivity (Wildman–Crippen MR) is 66.7 cm³/mol. The first-order valence-electron chi connectivity index (χ1n) is 5.65. The Labute approximate surface area is 99.8 Å². The van der Waals surface area contributed by atoms with Gasteiger partial charge in [0.05, 0.1) is 17.7 Å². The van der Waals surface area contributed by atoms with E-state index < -0.39 is 5.91 Å². The lowest BCUT2D eigenvalue weighted by molar-refractivity contribution is 0.1000. The van der Waals surface area contributed by atoms with Gasteiger partial charge in [0.2, 0.25) is 0 Å². The van der Waals surface area contributed by atoms with Crippen LogP contribution in [0.3, 0.4) is 0 Å². The van der Waals surface area contributed by atoms with Gasteiger partial charge in [-0.1, -0.05) is 0 Å². The number of benzene rings is 1. The van der Waals surface area contributed by atoms with E-state index in [-0.39, 0.29) is 12.1 Å². The van der Waals surface area contributed by atoms with Gasteiger partial charge in [-0.3, -0.25) is 4.79 Å². The Kier molecular flexibility index (Phi) is 2.93. The number of carbonyl (C=O) groups is 1. The number of hydrogen-bond donors (Lipinski definition) is 4. The van der Waals surface area contributed by atoms with Gasteiger partial charge in [0.15, 0.2) is 0 Å². The molecule has 0 aromatic heterocycles. The topological polar surface area (TPSA) is 101 Å². The molecule has 6 N–H and O–H groups in total. The van der Waals surface area contributed by atoms with E-state index in [1.165, 1.54) is 0 Å². The summed E-state index contributed by atoms with van der Waals surface area (Å²) in [6.45, 7) is 0.0417. The van der Waals surface area contributed by atoms with Gasteiger partial charge in [-0.05, 0) is 37.5 Å². The molecule has 0 radical (unpaired) electrons. The second-order valence-electron chi connectivity index (χ2n) is 4.59. The minimum atomic E-state index is -0.500. The van der Waals surface area contributed by atoms with Crippen LogP contribution in [0.2, 0.25) is 0 Å². The molecule has 1 aromatic carbocycles. The third-order valence-electron chi connectivity index (χ3n) is 3.32. The van der Waals surface area contributed by atoms with Crippen LogP contribution in [-0.4, -0.2) is 23.2 Å². The predicted octanol–water partition coefficient (Wildman–Crippen LogP) is 0.695. The number of nitrogens with two attached hydrogens (primary N) is 2. The number of primary amides is 1. The number of nitrogens with one attached hydrogen (secondary N) is 1. The third kappa shape index (κ3) is 2.19. The van der Waals surface area contributed by atoms with Crippen LogP contribution in [0.1, 0.15) is 29.6 Å². The number of carbonyl (C=O) groups excluding carboxylic acids is 1. The molecule has 5 heteroatoms. The van der Waals surface area contributed by atoms with Crippen molar-refractivity contribution in [1.82, 2.24) is 0 Å². The molecule has 0 atom stereocenters. The Balaban J connectivity index is 2.30. The van der Waals surface area contributed by atoms with Gasteiger partial charge in [0.25, 0.3) is 5.91 Å². The Hall–Kier alpha value is -1.75. The summed E-state index contributed by atoms with van der Waals surface area (Å²) in [5, 5.41) is 12.6. The van der Waals surface area contributed by atoms with Crippen LogP contribution in [0.4, 0.5) is 11.4 Å². The number of aliphatic hydroxyl groups excluding tert-OH is 1. The Morgan fingerprint density at radius 3 is 2.65 bits per heavy atom. The van der Waals surface area contributed by atoms with Crippen molar-refractivity contribution in [2.45, 2.75) is 24.8 Å². The quantitative estimate of drug-likeness (QED) is 0.577.